The van der Waals surface area contributed by atoms with Crippen LogP contribution in [0.1, 0.15) is 44.2 Å². The predicted octanol–water partition coefficient (Wildman–Crippen LogP) is 2.97. The molecule has 1 aromatic carbocycles. The molecule has 0 saturated carbocycles. The molecule has 1 saturated heterocycles. The van der Waals surface area contributed by atoms with E-state index in [0.29, 0.717) is 43.8 Å². The van der Waals surface area contributed by atoms with Gasteiger partial charge in [0, 0.05) is 38.9 Å². The quantitative estimate of drug-likeness (QED) is 0.359. The van der Waals surface area contributed by atoms with E-state index in [0.717, 1.165) is 29.4 Å². The lowest BCUT2D eigenvalue weighted by Gasteiger charge is -2.36. The minimum Gasteiger partial charge on any atom is -0.460 e. The summed E-state index contributed by atoms with van der Waals surface area (Å²) in [5.74, 6) is -0.366. The number of hydrogen-bond acceptors (Lipinski definition) is 8. The number of carbonyl (C=O) groups excluding carboxylic acids is 3. The Balaban J connectivity index is 1.45. The molecule has 4 rings (SSSR count). The first-order chi connectivity index (χ1) is 17.5. The van der Waals surface area contributed by atoms with Crippen LogP contribution >= 0.6 is 11.8 Å². The highest BCUT2D eigenvalue weighted by atomic mass is 32.2. The average molecular weight is 513 g/mol. The molecule has 0 spiro atoms. The summed E-state index contributed by atoms with van der Waals surface area (Å²) >= 11 is 1.44. The van der Waals surface area contributed by atoms with Crippen molar-refractivity contribution in [3.8, 4) is 0 Å². The Morgan fingerprint density at radius 1 is 1.22 bits per heavy atom. The van der Waals surface area contributed by atoms with E-state index < -0.39 is 12.0 Å². The van der Waals surface area contributed by atoms with Crippen molar-refractivity contribution < 1.29 is 23.9 Å². The van der Waals surface area contributed by atoms with Gasteiger partial charge in [-0.25, -0.2) is 9.79 Å². The molecule has 10 heteroatoms. The largest absolute Gasteiger partial charge is 0.460 e. The fourth-order valence-electron chi connectivity index (χ4n) is 4.54. The summed E-state index contributed by atoms with van der Waals surface area (Å²) in [6.45, 7) is 4.23. The molecule has 192 valence electrons. The normalized spacial score (nSPS) is 19.3. The van der Waals surface area contributed by atoms with Crippen LogP contribution in [0.3, 0.4) is 0 Å². The molecule has 2 amide bonds. The third-order valence-electron chi connectivity index (χ3n) is 6.30. The number of esters is 1. The van der Waals surface area contributed by atoms with Crippen molar-refractivity contribution in [2.45, 2.75) is 38.6 Å². The molecular formula is C26H32N4O5S. The smallest absolute Gasteiger partial charge is 0.338 e. The van der Waals surface area contributed by atoms with E-state index in [1.807, 2.05) is 52.5 Å². The Morgan fingerprint density at radius 3 is 2.75 bits per heavy atom. The molecule has 0 aromatic heterocycles. The number of methoxy groups -OCH3 is 1. The lowest BCUT2D eigenvalue weighted by molar-refractivity contribution is -0.141. The number of thioether (sulfide) groups is 1. The van der Waals surface area contributed by atoms with Crippen molar-refractivity contribution in [3.63, 3.8) is 0 Å². The molecule has 3 heterocycles. The van der Waals surface area contributed by atoms with Gasteiger partial charge in [0.15, 0.2) is 5.17 Å². The topological polar surface area (TPSA) is 101 Å². The van der Waals surface area contributed by atoms with Crippen molar-refractivity contribution in [2.75, 3.05) is 40.0 Å². The minimum absolute atomic E-state index is 0.113. The number of amidine groups is 1. The molecule has 36 heavy (non-hydrogen) atoms. The van der Waals surface area contributed by atoms with Gasteiger partial charge in [-0.05, 0) is 30.7 Å². The minimum atomic E-state index is -0.455. The Kier molecular flexibility index (Phi) is 8.82. The molecule has 0 aliphatic carbocycles. The number of carbonyl (C=O) groups is 3. The fourth-order valence-corrected chi connectivity index (χ4v) is 5.51. The summed E-state index contributed by atoms with van der Waals surface area (Å²) < 4.78 is 10.5. The molecule has 1 unspecified atom stereocenters. The Labute approximate surface area is 215 Å². The molecule has 3 aliphatic heterocycles. The van der Waals surface area contributed by atoms with Crippen LogP contribution in [0, 0.1) is 0 Å². The summed E-state index contributed by atoms with van der Waals surface area (Å²) in [4.78, 5) is 46.2. The molecular weight excluding hydrogens is 480 g/mol. The zero-order chi connectivity index (χ0) is 25.5. The van der Waals surface area contributed by atoms with Gasteiger partial charge in [0.1, 0.15) is 6.61 Å². The SMILES string of the molecule is COCCOC(=O)C1=C(C)N=C2SC=C(CC(=O)NCCCN3CCCC3=O)N2C1c1ccccc1. The molecule has 1 N–H and O–H groups in total. The van der Waals surface area contributed by atoms with Crippen LogP contribution < -0.4 is 5.32 Å². The maximum absolute atomic E-state index is 13.1. The van der Waals surface area contributed by atoms with Crippen molar-refractivity contribution in [1.82, 2.24) is 15.1 Å². The molecule has 3 aliphatic rings. The first-order valence-corrected chi connectivity index (χ1v) is 13.1. The van der Waals surface area contributed by atoms with Gasteiger partial charge < -0.3 is 24.6 Å². The van der Waals surface area contributed by atoms with Crippen LogP contribution in [0.25, 0.3) is 0 Å². The number of ether oxygens (including phenoxy) is 2. The van der Waals surface area contributed by atoms with Crippen LogP contribution in [-0.4, -0.2) is 72.7 Å². The number of hydrogen-bond donors (Lipinski definition) is 1. The predicted molar refractivity (Wildman–Crippen MR) is 138 cm³/mol. The number of fused-ring (bicyclic) bond motifs is 1. The van der Waals surface area contributed by atoms with E-state index in [9.17, 15) is 14.4 Å². The third-order valence-corrected chi connectivity index (χ3v) is 7.19. The van der Waals surface area contributed by atoms with Gasteiger partial charge in [-0.1, -0.05) is 42.1 Å². The Bertz CT molecular complexity index is 1090. The van der Waals surface area contributed by atoms with Crippen molar-refractivity contribution >= 4 is 34.7 Å². The highest BCUT2D eigenvalue weighted by Crippen LogP contribution is 2.44. The molecule has 0 radical (unpaired) electrons. The summed E-state index contributed by atoms with van der Waals surface area (Å²) in [5.41, 5.74) is 2.73. The summed E-state index contributed by atoms with van der Waals surface area (Å²) in [7, 11) is 1.55. The molecule has 1 fully saturated rings. The van der Waals surface area contributed by atoms with Crippen LogP contribution in [0.2, 0.25) is 0 Å². The summed E-state index contributed by atoms with van der Waals surface area (Å²) in [6, 6.07) is 9.24. The number of allylic oxidation sites excluding steroid dienone is 1. The van der Waals surface area contributed by atoms with Gasteiger partial charge in [-0.15, -0.1) is 0 Å². The average Bonchev–Trinajstić information content (AvgIpc) is 3.47. The van der Waals surface area contributed by atoms with Crippen LogP contribution in [0.5, 0.6) is 0 Å². The van der Waals surface area contributed by atoms with Crippen LogP contribution in [0.4, 0.5) is 0 Å². The highest BCUT2D eigenvalue weighted by molar-refractivity contribution is 8.16. The number of benzene rings is 1. The number of likely N-dealkylation sites (tertiary alicyclic amines) is 1. The Morgan fingerprint density at radius 2 is 2.03 bits per heavy atom. The first kappa shape index (κ1) is 26.0. The van der Waals surface area contributed by atoms with Crippen LogP contribution in [-0.2, 0) is 23.9 Å². The summed E-state index contributed by atoms with van der Waals surface area (Å²) in [5, 5.41) is 5.61. The lowest BCUT2D eigenvalue weighted by atomic mass is 9.94. The number of aliphatic imine (C=N–C) groups is 1. The number of amides is 2. The van der Waals surface area contributed by atoms with E-state index in [-0.39, 0.29) is 24.8 Å². The van der Waals surface area contributed by atoms with E-state index in [1.54, 1.807) is 7.11 Å². The second kappa shape index (κ2) is 12.2. The maximum atomic E-state index is 13.1. The van der Waals surface area contributed by atoms with Gasteiger partial charge in [-0.3, -0.25) is 9.59 Å². The molecule has 1 atom stereocenters. The second-order valence-corrected chi connectivity index (χ2v) is 9.63. The standard InChI is InChI=1S/C26H32N4O5S/c1-18-23(25(33)35-15-14-34-2)24(19-8-4-3-5-9-19)30-20(17-36-26(30)28-18)16-21(31)27-11-7-13-29-12-6-10-22(29)32/h3-5,8-9,17,24H,6-7,10-16H2,1-2H3,(H,27,31). The fraction of sp³-hybridized carbons (Fsp3) is 0.462. The third kappa shape index (κ3) is 5.99. The zero-order valence-electron chi connectivity index (χ0n) is 20.7. The second-order valence-electron chi connectivity index (χ2n) is 8.80. The van der Waals surface area contributed by atoms with Gasteiger partial charge in [0.05, 0.1) is 30.3 Å². The van der Waals surface area contributed by atoms with Gasteiger partial charge in [0.25, 0.3) is 0 Å². The first-order valence-electron chi connectivity index (χ1n) is 12.2. The summed E-state index contributed by atoms with van der Waals surface area (Å²) in [6.07, 6.45) is 2.41. The van der Waals surface area contributed by atoms with E-state index in [2.05, 4.69) is 10.3 Å². The number of rotatable bonds is 11. The number of nitrogens with zero attached hydrogens (tertiary/aromatic N) is 3. The van der Waals surface area contributed by atoms with Gasteiger partial charge in [-0.2, -0.15) is 0 Å². The van der Waals surface area contributed by atoms with Crippen molar-refractivity contribution in [1.29, 1.82) is 0 Å². The van der Waals surface area contributed by atoms with Gasteiger partial charge in [0.2, 0.25) is 11.8 Å². The van der Waals surface area contributed by atoms with E-state index in [4.69, 9.17) is 9.47 Å². The van der Waals surface area contributed by atoms with Crippen molar-refractivity contribution in [3.05, 3.63) is 58.3 Å². The maximum Gasteiger partial charge on any atom is 0.338 e. The Hall–Kier alpha value is -3.11. The monoisotopic (exact) mass is 512 g/mol. The lowest BCUT2D eigenvalue weighted by Crippen LogP contribution is -2.38. The van der Waals surface area contributed by atoms with Crippen LogP contribution in [0.15, 0.2) is 57.7 Å². The van der Waals surface area contributed by atoms with Crippen molar-refractivity contribution in [2.24, 2.45) is 4.99 Å². The zero-order valence-corrected chi connectivity index (χ0v) is 21.5. The molecule has 9 nitrogen and oxygen atoms in total. The van der Waals surface area contributed by atoms with Gasteiger partial charge >= 0.3 is 5.97 Å². The van der Waals surface area contributed by atoms with E-state index in [1.165, 1.54) is 11.8 Å². The highest BCUT2D eigenvalue weighted by Gasteiger charge is 2.41. The molecule has 0 bridgehead atoms. The van der Waals surface area contributed by atoms with E-state index >= 15 is 0 Å². The molecule has 1 aromatic rings. The number of nitrogens with one attached hydrogen (secondary N) is 1.